The number of amides is 1. The molecule has 0 unspecified atom stereocenters. The van der Waals surface area contributed by atoms with Gasteiger partial charge < -0.3 is 4.74 Å². The van der Waals surface area contributed by atoms with Crippen molar-refractivity contribution in [3.05, 3.63) is 70.9 Å². The third-order valence-corrected chi connectivity index (χ3v) is 3.78. The Morgan fingerprint density at radius 3 is 2.60 bits per heavy atom. The van der Waals surface area contributed by atoms with E-state index < -0.39 is 0 Å². The summed E-state index contributed by atoms with van der Waals surface area (Å²) in [5.41, 5.74) is 5.44. The molecule has 6 nitrogen and oxygen atoms in total. The van der Waals surface area contributed by atoms with E-state index in [1.807, 2.05) is 24.3 Å². The van der Waals surface area contributed by atoms with Gasteiger partial charge in [0.1, 0.15) is 5.75 Å². The lowest BCUT2D eigenvalue weighted by atomic mass is 10.1. The SMILES string of the molecule is COc1ccc(-c2[nH]ncc2/C=N/NC(=O)c2ccc(Cl)cc2)cc1. The second kappa shape index (κ2) is 7.63. The molecule has 1 amide bonds. The number of halogens is 1. The average molecular weight is 355 g/mol. The Labute approximate surface area is 149 Å². The van der Waals surface area contributed by atoms with Crippen LogP contribution in [0.1, 0.15) is 15.9 Å². The maximum Gasteiger partial charge on any atom is 0.271 e. The predicted molar refractivity (Wildman–Crippen MR) is 97.1 cm³/mol. The number of methoxy groups -OCH3 is 1. The van der Waals surface area contributed by atoms with E-state index in [0.717, 1.165) is 22.6 Å². The van der Waals surface area contributed by atoms with Crippen LogP contribution in [0.25, 0.3) is 11.3 Å². The number of nitrogens with zero attached hydrogens (tertiary/aromatic N) is 2. The van der Waals surface area contributed by atoms with Crippen LogP contribution in [0.4, 0.5) is 0 Å². The smallest absolute Gasteiger partial charge is 0.271 e. The third kappa shape index (κ3) is 4.05. The van der Waals surface area contributed by atoms with Crippen LogP contribution in [-0.4, -0.2) is 29.4 Å². The standard InChI is InChI=1S/C18H15ClN4O2/c1-25-16-8-4-12(5-9-16)17-14(10-20-22-17)11-21-23-18(24)13-2-6-15(19)7-3-13/h2-11H,1H3,(H,20,22)(H,23,24)/b21-11+. The minimum absolute atomic E-state index is 0.317. The van der Waals surface area contributed by atoms with Crippen molar-refractivity contribution in [3.63, 3.8) is 0 Å². The molecule has 1 heterocycles. The number of aromatic nitrogens is 2. The molecule has 0 aliphatic heterocycles. The monoisotopic (exact) mass is 354 g/mol. The van der Waals surface area contributed by atoms with Crippen LogP contribution in [-0.2, 0) is 0 Å². The number of aromatic amines is 1. The van der Waals surface area contributed by atoms with Crippen LogP contribution >= 0.6 is 11.6 Å². The number of rotatable bonds is 5. The fraction of sp³-hybridized carbons (Fsp3) is 0.0556. The summed E-state index contributed by atoms with van der Waals surface area (Å²) in [5, 5.41) is 11.5. The summed E-state index contributed by atoms with van der Waals surface area (Å²) in [7, 11) is 1.62. The highest BCUT2D eigenvalue weighted by molar-refractivity contribution is 6.30. The van der Waals surface area contributed by atoms with Gasteiger partial charge in [0.2, 0.25) is 0 Å². The molecule has 1 aromatic heterocycles. The summed E-state index contributed by atoms with van der Waals surface area (Å²) in [6.45, 7) is 0. The Balaban J connectivity index is 1.71. The van der Waals surface area contributed by atoms with Gasteiger partial charge in [0.05, 0.1) is 25.2 Å². The van der Waals surface area contributed by atoms with Gasteiger partial charge in [0.25, 0.3) is 5.91 Å². The van der Waals surface area contributed by atoms with Crippen molar-refractivity contribution in [2.75, 3.05) is 7.11 Å². The first kappa shape index (κ1) is 16.7. The summed E-state index contributed by atoms with van der Waals surface area (Å²) >= 11 is 5.80. The van der Waals surface area contributed by atoms with Gasteiger partial charge >= 0.3 is 0 Å². The topological polar surface area (TPSA) is 79.4 Å². The van der Waals surface area contributed by atoms with Gasteiger partial charge in [-0.25, -0.2) is 5.43 Å². The molecule has 3 aromatic rings. The minimum atomic E-state index is -0.317. The van der Waals surface area contributed by atoms with Crippen molar-refractivity contribution >= 4 is 23.7 Å². The number of hydrazone groups is 1. The number of carbonyl (C=O) groups is 1. The van der Waals surface area contributed by atoms with Crippen LogP contribution in [0.3, 0.4) is 0 Å². The molecular weight excluding hydrogens is 340 g/mol. The first-order valence-electron chi connectivity index (χ1n) is 7.44. The lowest BCUT2D eigenvalue weighted by Crippen LogP contribution is -2.17. The van der Waals surface area contributed by atoms with E-state index in [-0.39, 0.29) is 5.91 Å². The number of hydrogen-bond donors (Lipinski definition) is 2. The minimum Gasteiger partial charge on any atom is -0.497 e. The molecule has 0 spiro atoms. The Morgan fingerprint density at radius 2 is 1.92 bits per heavy atom. The highest BCUT2D eigenvalue weighted by Gasteiger charge is 2.07. The Kier molecular flexibility index (Phi) is 5.11. The van der Waals surface area contributed by atoms with Crippen molar-refractivity contribution in [1.82, 2.24) is 15.6 Å². The Morgan fingerprint density at radius 1 is 1.20 bits per heavy atom. The highest BCUT2D eigenvalue weighted by Crippen LogP contribution is 2.22. The van der Waals surface area contributed by atoms with Crippen molar-refractivity contribution in [2.24, 2.45) is 5.10 Å². The maximum absolute atomic E-state index is 12.0. The van der Waals surface area contributed by atoms with Crippen molar-refractivity contribution in [2.45, 2.75) is 0 Å². The van der Waals surface area contributed by atoms with Crippen molar-refractivity contribution < 1.29 is 9.53 Å². The lowest BCUT2D eigenvalue weighted by molar-refractivity contribution is 0.0955. The maximum atomic E-state index is 12.0. The zero-order valence-corrected chi connectivity index (χ0v) is 14.1. The van der Waals surface area contributed by atoms with Crippen molar-refractivity contribution in [3.8, 4) is 17.0 Å². The summed E-state index contributed by atoms with van der Waals surface area (Å²) in [4.78, 5) is 12.0. The number of carbonyl (C=O) groups excluding carboxylic acids is 1. The van der Waals surface area contributed by atoms with Gasteiger partial charge in [-0.1, -0.05) is 11.6 Å². The van der Waals surface area contributed by atoms with Gasteiger partial charge in [-0.05, 0) is 48.5 Å². The molecular formula is C18H15ClN4O2. The van der Waals surface area contributed by atoms with E-state index in [1.165, 1.54) is 6.21 Å². The van der Waals surface area contributed by atoms with Gasteiger partial charge in [-0.15, -0.1) is 0 Å². The summed E-state index contributed by atoms with van der Waals surface area (Å²) in [6, 6.07) is 14.1. The van der Waals surface area contributed by atoms with Crippen molar-refractivity contribution in [1.29, 1.82) is 0 Å². The molecule has 25 heavy (non-hydrogen) atoms. The molecule has 7 heteroatoms. The van der Waals surface area contributed by atoms with E-state index in [4.69, 9.17) is 16.3 Å². The first-order valence-corrected chi connectivity index (χ1v) is 7.82. The molecule has 3 rings (SSSR count). The van der Waals surface area contributed by atoms with Crippen LogP contribution in [0.2, 0.25) is 5.02 Å². The summed E-state index contributed by atoms with van der Waals surface area (Å²) in [6.07, 6.45) is 3.17. The molecule has 0 radical (unpaired) electrons. The van der Waals surface area contributed by atoms with Gasteiger partial charge in [0.15, 0.2) is 0 Å². The third-order valence-electron chi connectivity index (χ3n) is 3.52. The summed E-state index contributed by atoms with van der Waals surface area (Å²) < 4.78 is 5.15. The number of H-pyrrole nitrogens is 1. The summed E-state index contributed by atoms with van der Waals surface area (Å²) in [5.74, 6) is 0.455. The number of benzene rings is 2. The lowest BCUT2D eigenvalue weighted by Gasteiger charge is -2.03. The molecule has 0 fully saturated rings. The predicted octanol–water partition coefficient (Wildman–Crippen LogP) is 3.50. The van der Waals surface area contributed by atoms with E-state index in [0.29, 0.717) is 10.6 Å². The largest absolute Gasteiger partial charge is 0.497 e. The molecule has 0 bridgehead atoms. The average Bonchev–Trinajstić information content (AvgIpc) is 3.11. The quantitative estimate of drug-likeness (QED) is 0.543. The fourth-order valence-electron chi connectivity index (χ4n) is 2.21. The van der Waals surface area contributed by atoms with Crippen LogP contribution in [0.15, 0.2) is 59.8 Å². The van der Waals surface area contributed by atoms with Crippen LogP contribution in [0, 0.1) is 0 Å². The molecule has 0 saturated carbocycles. The Bertz CT molecular complexity index is 886. The molecule has 0 atom stereocenters. The normalized spacial score (nSPS) is 10.8. The number of ether oxygens (including phenoxy) is 1. The van der Waals surface area contributed by atoms with E-state index >= 15 is 0 Å². The molecule has 2 aromatic carbocycles. The molecule has 0 saturated heterocycles. The van der Waals surface area contributed by atoms with Crippen LogP contribution < -0.4 is 10.2 Å². The van der Waals surface area contributed by atoms with Gasteiger partial charge in [-0.3, -0.25) is 9.89 Å². The van der Waals surface area contributed by atoms with E-state index in [1.54, 1.807) is 37.6 Å². The zero-order valence-electron chi connectivity index (χ0n) is 13.4. The van der Waals surface area contributed by atoms with Gasteiger partial charge in [-0.2, -0.15) is 10.2 Å². The van der Waals surface area contributed by atoms with Gasteiger partial charge in [0, 0.05) is 21.7 Å². The van der Waals surface area contributed by atoms with E-state index in [2.05, 4.69) is 20.7 Å². The molecule has 126 valence electrons. The number of hydrogen-bond acceptors (Lipinski definition) is 4. The fourth-order valence-corrected chi connectivity index (χ4v) is 2.33. The number of nitrogens with one attached hydrogen (secondary N) is 2. The second-order valence-electron chi connectivity index (χ2n) is 5.13. The highest BCUT2D eigenvalue weighted by atomic mass is 35.5. The molecule has 0 aliphatic carbocycles. The Hall–Kier alpha value is -3.12. The van der Waals surface area contributed by atoms with E-state index in [9.17, 15) is 4.79 Å². The first-order chi connectivity index (χ1) is 12.2. The second-order valence-corrected chi connectivity index (χ2v) is 5.57. The van der Waals surface area contributed by atoms with Crippen LogP contribution in [0.5, 0.6) is 5.75 Å². The zero-order chi connectivity index (χ0) is 17.6. The molecule has 2 N–H and O–H groups in total. The molecule has 0 aliphatic rings.